The number of hydrogen-bond acceptors (Lipinski definition) is 4. The number of benzene rings is 1. The summed E-state index contributed by atoms with van der Waals surface area (Å²) in [4.78, 5) is 0. The molecule has 0 fully saturated rings. The summed E-state index contributed by atoms with van der Waals surface area (Å²) in [5.41, 5.74) is 7.05. The number of rotatable bonds is 8. The quantitative estimate of drug-likeness (QED) is 0.725. The molecule has 0 aromatic heterocycles. The summed E-state index contributed by atoms with van der Waals surface area (Å²) in [6, 6.07) is 8.11. The van der Waals surface area contributed by atoms with Crippen molar-refractivity contribution in [2.75, 3.05) is 33.1 Å². The minimum absolute atomic E-state index is 0.335. The van der Waals surface area contributed by atoms with Gasteiger partial charge >= 0.3 is 0 Å². The molecule has 0 aliphatic rings. The highest BCUT2D eigenvalue weighted by atomic mass is 32.2. The van der Waals surface area contributed by atoms with E-state index in [1.54, 1.807) is 14.2 Å². The second-order valence-electron chi connectivity index (χ2n) is 3.72. The molecular formula is C13H21NO2S. The SMILES string of the molecule is COCCCSC(CN)c1cccc(OC)c1. The number of ether oxygens (including phenoxy) is 2. The molecule has 0 heterocycles. The van der Waals surface area contributed by atoms with Gasteiger partial charge in [-0.1, -0.05) is 12.1 Å². The van der Waals surface area contributed by atoms with E-state index in [0.717, 1.165) is 24.5 Å². The van der Waals surface area contributed by atoms with Crippen molar-refractivity contribution in [2.24, 2.45) is 5.73 Å². The first-order valence-corrected chi connectivity index (χ1v) is 6.81. The Labute approximate surface area is 108 Å². The lowest BCUT2D eigenvalue weighted by molar-refractivity contribution is 0.200. The summed E-state index contributed by atoms with van der Waals surface area (Å²) in [6.45, 7) is 1.45. The summed E-state index contributed by atoms with van der Waals surface area (Å²) in [5.74, 6) is 1.95. The standard InChI is InChI=1S/C13H21NO2S/c1-15-7-4-8-17-13(10-14)11-5-3-6-12(9-11)16-2/h3,5-6,9,13H,4,7-8,10,14H2,1-2H3. The van der Waals surface area contributed by atoms with Gasteiger partial charge in [0.1, 0.15) is 5.75 Å². The maximum absolute atomic E-state index is 5.82. The summed E-state index contributed by atoms with van der Waals surface area (Å²) < 4.78 is 10.3. The molecule has 1 rings (SSSR count). The zero-order valence-electron chi connectivity index (χ0n) is 10.5. The third-order valence-electron chi connectivity index (χ3n) is 2.49. The largest absolute Gasteiger partial charge is 0.497 e. The van der Waals surface area contributed by atoms with Crippen LogP contribution in [0.1, 0.15) is 17.2 Å². The number of hydrogen-bond donors (Lipinski definition) is 1. The average molecular weight is 255 g/mol. The highest BCUT2D eigenvalue weighted by Crippen LogP contribution is 2.30. The van der Waals surface area contributed by atoms with Gasteiger partial charge in [-0.05, 0) is 29.9 Å². The van der Waals surface area contributed by atoms with E-state index in [1.165, 1.54) is 5.56 Å². The molecule has 0 spiro atoms. The maximum Gasteiger partial charge on any atom is 0.119 e. The summed E-state index contributed by atoms with van der Waals surface area (Å²) in [6.07, 6.45) is 1.06. The van der Waals surface area contributed by atoms with Crippen LogP contribution in [0.4, 0.5) is 0 Å². The van der Waals surface area contributed by atoms with Crippen molar-refractivity contribution in [1.29, 1.82) is 0 Å². The Bertz CT molecular complexity index is 320. The molecule has 0 aliphatic carbocycles. The van der Waals surface area contributed by atoms with Crippen molar-refractivity contribution in [3.8, 4) is 5.75 Å². The molecule has 0 saturated heterocycles. The third kappa shape index (κ3) is 4.98. The Morgan fingerprint density at radius 2 is 2.18 bits per heavy atom. The van der Waals surface area contributed by atoms with Crippen molar-refractivity contribution in [1.82, 2.24) is 0 Å². The fraction of sp³-hybridized carbons (Fsp3) is 0.538. The molecule has 4 heteroatoms. The molecule has 0 saturated carbocycles. The van der Waals surface area contributed by atoms with Gasteiger partial charge in [-0.25, -0.2) is 0 Å². The van der Waals surface area contributed by atoms with Crippen molar-refractivity contribution in [3.63, 3.8) is 0 Å². The maximum atomic E-state index is 5.82. The van der Waals surface area contributed by atoms with Crippen LogP contribution >= 0.6 is 11.8 Å². The Kier molecular flexibility index (Phi) is 7.08. The molecular weight excluding hydrogens is 234 g/mol. The Balaban J connectivity index is 2.53. The second-order valence-corrected chi connectivity index (χ2v) is 5.03. The predicted octanol–water partition coefficient (Wildman–Crippen LogP) is 2.46. The van der Waals surface area contributed by atoms with Crippen LogP contribution < -0.4 is 10.5 Å². The highest BCUT2D eigenvalue weighted by molar-refractivity contribution is 7.99. The number of thioether (sulfide) groups is 1. The van der Waals surface area contributed by atoms with Gasteiger partial charge in [-0.2, -0.15) is 11.8 Å². The van der Waals surface area contributed by atoms with Gasteiger partial charge in [0.2, 0.25) is 0 Å². The van der Waals surface area contributed by atoms with Crippen molar-refractivity contribution in [3.05, 3.63) is 29.8 Å². The summed E-state index contributed by atoms with van der Waals surface area (Å²) >= 11 is 1.87. The smallest absolute Gasteiger partial charge is 0.119 e. The Morgan fingerprint density at radius 3 is 2.82 bits per heavy atom. The molecule has 17 heavy (non-hydrogen) atoms. The lowest BCUT2D eigenvalue weighted by atomic mass is 10.1. The molecule has 0 radical (unpaired) electrons. The molecule has 1 unspecified atom stereocenters. The van der Waals surface area contributed by atoms with Gasteiger partial charge in [0, 0.05) is 25.5 Å². The molecule has 0 amide bonds. The molecule has 1 aromatic rings. The van der Waals surface area contributed by atoms with Gasteiger partial charge < -0.3 is 15.2 Å². The van der Waals surface area contributed by atoms with E-state index < -0.39 is 0 Å². The minimum Gasteiger partial charge on any atom is -0.497 e. The third-order valence-corrected chi connectivity index (χ3v) is 3.88. The molecule has 1 atom stereocenters. The van der Waals surface area contributed by atoms with Gasteiger partial charge in [0.05, 0.1) is 7.11 Å². The topological polar surface area (TPSA) is 44.5 Å². The molecule has 2 N–H and O–H groups in total. The van der Waals surface area contributed by atoms with Crippen LogP contribution in [0.25, 0.3) is 0 Å². The minimum atomic E-state index is 0.335. The van der Waals surface area contributed by atoms with E-state index in [-0.39, 0.29) is 0 Å². The fourth-order valence-electron chi connectivity index (χ4n) is 1.57. The first-order valence-electron chi connectivity index (χ1n) is 5.76. The van der Waals surface area contributed by atoms with Crippen molar-refractivity contribution < 1.29 is 9.47 Å². The van der Waals surface area contributed by atoms with Crippen LogP contribution in [0.15, 0.2) is 24.3 Å². The van der Waals surface area contributed by atoms with Crippen molar-refractivity contribution in [2.45, 2.75) is 11.7 Å². The van der Waals surface area contributed by atoms with Gasteiger partial charge in [0.25, 0.3) is 0 Å². The van der Waals surface area contributed by atoms with E-state index in [9.17, 15) is 0 Å². The van der Waals surface area contributed by atoms with Crippen LogP contribution in [-0.4, -0.2) is 33.1 Å². The number of methoxy groups -OCH3 is 2. The van der Waals surface area contributed by atoms with E-state index in [4.69, 9.17) is 15.2 Å². The lowest BCUT2D eigenvalue weighted by Crippen LogP contribution is -2.10. The van der Waals surface area contributed by atoms with E-state index in [1.807, 2.05) is 23.9 Å². The zero-order chi connectivity index (χ0) is 12.5. The Morgan fingerprint density at radius 1 is 1.35 bits per heavy atom. The lowest BCUT2D eigenvalue weighted by Gasteiger charge is -2.15. The van der Waals surface area contributed by atoms with Crippen LogP contribution in [0.3, 0.4) is 0 Å². The average Bonchev–Trinajstić information content (AvgIpc) is 2.39. The monoisotopic (exact) mass is 255 g/mol. The van der Waals surface area contributed by atoms with Crippen LogP contribution in [-0.2, 0) is 4.74 Å². The first-order chi connectivity index (χ1) is 8.31. The van der Waals surface area contributed by atoms with Crippen LogP contribution in [0.5, 0.6) is 5.75 Å². The molecule has 0 bridgehead atoms. The summed E-state index contributed by atoms with van der Waals surface area (Å²) in [5, 5.41) is 0.335. The summed E-state index contributed by atoms with van der Waals surface area (Å²) in [7, 11) is 3.41. The number of nitrogens with two attached hydrogens (primary N) is 1. The predicted molar refractivity (Wildman–Crippen MR) is 73.7 cm³/mol. The van der Waals surface area contributed by atoms with E-state index in [2.05, 4.69) is 12.1 Å². The van der Waals surface area contributed by atoms with E-state index >= 15 is 0 Å². The van der Waals surface area contributed by atoms with Crippen LogP contribution in [0.2, 0.25) is 0 Å². The van der Waals surface area contributed by atoms with Gasteiger partial charge in [-0.15, -0.1) is 0 Å². The van der Waals surface area contributed by atoms with E-state index in [0.29, 0.717) is 11.8 Å². The molecule has 1 aromatic carbocycles. The highest BCUT2D eigenvalue weighted by Gasteiger charge is 2.10. The molecule has 96 valence electrons. The Hall–Kier alpha value is -0.710. The normalized spacial score (nSPS) is 12.4. The fourth-order valence-corrected chi connectivity index (χ4v) is 2.62. The van der Waals surface area contributed by atoms with Crippen LogP contribution in [0, 0.1) is 0 Å². The first kappa shape index (κ1) is 14.4. The zero-order valence-corrected chi connectivity index (χ0v) is 11.3. The van der Waals surface area contributed by atoms with Crippen molar-refractivity contribution >= 4 is 11.8 Å². The van der Waals surface area contributed by atoms with Gasteiger partial charge in [0.15, 0.2) is 0 Å². The molecule has 0 aliphatic heterocycles. The molecule has 3 nitrogen and oxygen atoms in total. The van der Waals surface area contributed by atoms with Gasteiger partial charge in [-0.3, -0.25) is 0 Å². The second kappa shape index (κ2) is 8.39.